The molecule has 0 saturated carbocycles. The molecule has 2 N–H and O–H groups in total. The molecule has 4 nitrogen and oxygen atoms in total. The Kier molecular flexibility index (Phi) is 5.39. The fourth-order valence-corrected chi connectivity index (χ4v) is 2.50. The Hall–Kier alpha value is -3.47. The van der Waals surface area contributed by atoms with Crippen LogP contribution in [0.15, 0.2) is 84.9 Å². The summed E-state index contributed by atoms with van der Waals surface area (Å²) in [6, 6.07) is 23.0. The summed E-state index contributed by atoms with van der Waals surface area (Å²) in [5.41, 5.74) is 1.34. The lowest BCUT2D eigenvalue weighted by molar-refractivity contribution is 0.0883. The van der Waals surface area contributed by atoms with Crippen LogP contribution < -0.4 is 10.6 Å². The van der Waals surface area contributed by atoms with Crippen molar-refractivity contribution in [2.75, 3.05) is 0 Å². The lowest BCUT2D eigenvalue weighted by Crippen LogP contribution is -2.41. The van der Waals surface area contributed by atoms with Gasteiger partial charge in [-0.1, -0.05) is 48.5 Å². The van der Waals surface area contributed by atoms with E-state index in [9.17, 15) is 14.0 Å². The minimum absolute atomic E-state index is 0.367. The number of nitrogens with one attached hydrogen (secondary N) is 2. The van der Waals surface area contributed by atoms with E-state index < -0.39 is 12.0 Å². The van der Waals surface area contributed by atoms with E-state index in [0.717, 1.165) is 0 Å². The van der Waals surface area contributed by atoms with Crippen LogP contribution >= 0.6 is 0 Å². The summed E-state index contributed by atoms with van der Waals surface area (Å²) < 4.78 is 13.6. The zero-order valence-corrected chi connectivity index (χ0v) is 13.9. The summed E-state index contributed by atoms with van der Waals surface area (Å²) in [5.74, 6) is -1.18. The van der Waals surface area contributed by atoms with E-state index in [0.29, 0.717) is 16.7 Å². The zero-order chi connectivity index (χ0) is 18.4. The van der Waals surface area contributed by atoms with Gasteiger partial charge in [-0.2, -0.15) is 0 Å². The molecule has 130 valence electrons. The van der Waals surface area contributed by atoms with Crippen LogP contribution in [0.4, 0.5) is 4.39 Å². The second-order valence-electron chi connectivity index (χ2n) is 5.67. The molecule has 3 aromatic rings. The van der Waals surface area contributed by atoms with Crippen LogP contribution in [0.2, 0.25) is 0 Å². The van der Waals surface area contributed by atoms with E-state index in [4.69, 9.17) is 0 Å². The molecule has 26 heavy (non-hydrogen) atoms. The molecule has 2 amide bonds. The maximum Gasteiger partial charge on any atom is 0.253 e. The first-order chi connectivity index (χ1) is 12.6. The van der Waals surface area contributed by atoms with Crippen molar-refractivity contribution in [3.05, 3.63) is 107 Å². The number of hydrogen-bond donors (Lipinski definition) is 2. The molecule has 0 heterocycles. The highest BCUT2D eigenvalue weighted by atomic mass is 19.1. The average Bonchev–Trinajstić information content (AvgIpc) is 2.68. The van der Waals surface area contributed by atoms with Crippen molar-refractivity contribution in [2.24, 2.45) is 0 Å². The molecular formula is C21H17FN2O2. The predicted molar refractivity (Wildman–Crippen MR) is 97.0 cm³/mol. The van der Waals surface area contributed by atoms with Gasteiger partial charge in [0.25, 0.3) is 11.8 Å². The highest BCUT2D eigenvalue weighted by molar-refractivity contribution is 5.96. The van der Waals surface area contributed by atoms with Gasteiger partial charge in [-0.05, 0) is 42.0 Å². The Bertz CT molecular complexity index is 845. The number of rotatable bonds is 5. The molecule has 5 heteroatoms. The summed E-state index contributed by atoms with van der Waals surface area (Å²) in [6.45, 7) is 0. The molecule has 0 aliphatic carbocycles. The number of benzene rings is 3. The second-order valence-corrected chi connectivity index (χ2v) is 5.67. The maximum atomic E-state index is 13.6. The molecule has 3 aromatic carbocycles. The first kappa shape index (κ1) is 17.4. The second kappa shape index (κ2) is 8.07. The molecule has 0 aliphatic rings. The van der Waals surface area contributed by atoms with Crippen molar-refractivity contribution in [1.82, 2.24) is 10.6 Å². The van der Waals surface area contributed by atoms with Gasteiger partial charge in [-0.25, -0.2) is 4.39 Å². The molecule has 0 spiro atoms. The number of carbonyl (C=O) groups is 2. The Morgan fingerprint density at radius 1 is 0.692 bits per heavy atom. The van der Waals surface area contributed by atoms with Gasteiger partial charge >= 0.3 is 0 Å². The molecule has 0 saturated heterocycles. The third-order valence-corrected chi connectivity index (χ3v) is 3.80. The number of amides is 2. The number of carbonyl (C=O) groups excluding carboxylic acids is 2. The fraction of sp³-hybridized carbons (Fsp3) is 0.0476. The van der Waals surface area contributed by atoms with Crippen molar-refractivity contribution in [2.45, 2.75) is 6.17 Å². The van der Waals surface area contributed by atoms with Crippen molar-refractivity contribution in [3.63, 3.8) is 0 Å². The van der Waals surface area contributed by atoms with E-state index >= 15 is 0 Å². The van der Waals surface area contributed by atoms with Crippen molar-refractivity contribution in [3.8, 4) is 0 Å². The molecular weight excluding hydrogens is 331 g/mol. The molecule has 0 bridgehead atoms. The SMILES string of the molecule is O=C(NC(NC(=O)c1ccccc1)c1cccc(F)c1)c1ccccc1. The Labute approximate surface area is 150 Å². The van der Waals surface area contributed by atoms with Crippen LogP contribution in [-0.2, 0) is 0 Å². The van der Waals surface area contributed by atoms with Gasteiger partial charge in [-0.3, -0.25) is 9.59 Å². The highest BCUT2D eigenvalue weighted by Gasteiger charge is 2.19. The largest absolute Gasteiger partial charge is 0.328 e. The minimum atomic E-state index is -0.869. The number of halogens is 1. The third kappa shape index (κ3) is 4.33. The fourth-order valence-electron chi connectivity index (χ4n) is 2.50. The van der Waals surface area contributed by atoms with Crippen molar-refractivity contribution in [1.29, 1.82) is 0 Å². The predicted octanol–water partition coefficient (Wildman–Crippen LogP) is 3.68. The summed E-state index contributed by atoms with van der Waals surface area (Å²) >= 11 is 0. The third-order valence-electron chi connectivity index (χ3n) is 3.80. The van der Waals surface area contributed by atoms with Gasteiger partial charge in [0.15, 0.2) is 0 Å². The van der Waals surface area contributed by atoms with Crippen LogP contribution in [0.3, 0.4) is 0 Å². The Morgan fingerprint density at radius 2 is 1.19 bits per heavy atom. The van der Waals surface area contributed by atoms with E-state index in [2.05, 4.69) is 10.6 Å². The summed E-state index contributed by atoms with van der Waals surface area (Å²) in [6.07, 6.45) is -0.869. The van der Waals surface area contributed by atoms with E-state index in [1.54, 1.807) is 66.7 Å². The Morgan fingerprint density at radius 3 is 1.65 bits per heavy atom. The summed E-state index contributed by atoms with van der Waals surface area (Å²) in [4.78, 5) is 25.0. The van der Waals surface area contributed by atoms with Crippen LogP contribution in [0.1, 0.15) is 32.4 Å². The van der Waals surface area contributed by atoms with Crippen molar-refractivity contribution >= 4 is 11.8 Å². The normalized spacial score (nSPS) is 10.4. The smallest absolute Gasteiger partial charge is 0.253 e. The van der Waals surface area contributed by atoms with Crippen LogP contribution in [0.25, 0.3) is 0 Å². The van der Waals surface area contributed by atoms with Crippen LogP contribution in [0.5, 0.6) is 0 Å². The maximum absolute atomic E-state index is 13.6. The molecule has 0 unspecified atom stereocenters. The van der Waals surface area contributed by atoms with Gasteiger partial charge < -0.3 is 10.6 Å². The lowest BCUT2D eigenvalue weighted by atomic mass is 10.1. The van der Waals surface area contributed by atoms with E-state index in [-0.39, 0.29) is 11.8 Å². The highest BCUT2D eigenvalue weighted by Crippen LogP contribution is 2.14. The molecule has 0 atom stereocenters. The number of hydrogen-bond acceptors (Lipinski definition) is 2. The first-order valence-corrected chi connectivity index (χ1v) is 8.11. The quantitative estimate of drug-likeness (QED) is 0.691. The van der Waals surface area contributed by atoms with Gasteiger partial charge in [0.2, 0.25) is 0 Å². The van der Waals surface area contributed by atoms with E-state index in [1.807, 2.05) is 0 Å². The molecule has 0 aromatic heterocycles. The molecule has 0 radical (unpaired) electrons. The van der Waals surface area contributed by atoms with Crippen molar-refractivity contribution < 1.29 is 14.0 Å². The van der Waals surface area contributed by atoms with Crippen LogP contribution in [0, 0.1) is 5.82 Å². The Balaban J connectivity index is 1.84. The molecule has 0 fully saturated rings. The van der Waals surface area contributed by atoms with Crippen LogP contribution in [-0.4, -0.2) is 11.8 Å². The first-order valence-electron chi connectivity index (χ1n) is 8.11. The van der Waals surface area contributed by atoms with Gasteiger partial charge in [0.05, 0.1) is 0 Å². The lowest BCUT2D eigenvalue weighted by Gasteiger charge is -2.21. The summed E-state index contributed by atoms with van der Waals surface area (Å²) in [5, 5.41) is 5.48. The van der Waals surface area contributed by atoms with Gasteiger partial charge in [0.1, 0.15) is 12.0 Å². The minimum Gasteiger partial charge on any atom is -0.328 e. The van der Waals surface area contributed by atoms with E-state index in [1.165, 1.54) is 18.2 Å². The topological polar surface area (TPSA) is 58.2 Å². The summed E-state index contributed by atoms with van der Waals surface area (Å²) in [7, 11) is 0. The molecule has 0 aliphatic heterocycles. The average molecular weight is 348 g/mol. The molecule has 3 rings (SSSR count). The van der Waals surface area contributed by atoms with Gasteiger partial charge in [0, 0.05) is 11.1 Å². The monoisotopic (exact) mass is 348 g/mol. The zero-order valence-electron chi connectivity index (χ0n) is 13.9. The van der Waals surface area contributed by atoms with Gasteiger partial charge in [-0.15, -0.1) is 0 Å². The standard InChI is InChI=1S/C21H17FN2O2/c22-18-13-7-12-17(14-18)19(23-20(25)15-8-3-1-4-9-15)24-21(26)16-10-5-2-6-11-16/h1-14,19H,(H,23,25)(H,24,26).